The first-order valence-corrected chi connectivity index (χ1v) is 9.12. The van der Waals surface area contributed by atoms with Gasteiger partial charge in [0.15, 0.2) is 11.5 Å². The summed E-state index contributed by atoms with van der Waals surface area (Å²) < 4.78 is 12.2. The molecule has 142 valence electrons. The van der Waals surface area contributed by atoms with Crippen LogP contribution in [0.1, 0.15) is 34.6 Å². The highest BCUT2D eigenvalue weighted by molar-refractivity contribution is 5.65. The molecule has 5 nitrogen and oxygen atoms in total. The van der Waals surface area contributed by atoms with Gasteiger partial charge >= 0.3 is 0 Å². The minimum atomic E-state index is 0.0287. The molecule has 1 atom stereocenters. The van der Waals surface area contributed by atoms with Crippen LogP contribution in [-0.4, -0.2) is 29.6 Å². The number of rotatable bonds is 8. The quantitative estimate of drug-likeness (QED) is 0.679. The predicted octanol–water partition coefficient (Wildman–Crippen LogP) is 4.53. The van der Waals surface area contributed by atoms with E-state index in [2.05, 4.69) is 39.5 Å². The van der Waals surface area contributed by atoms with Crippen molar-refractivity contribution in [1.82, 2.24) is 4.90 Å². The lowest BCUT2D eigenvalue weighted by atomic mass is 10.2. The molecule has 5 heteroatoms. The summed E-state index contributed by atoms with van der Waals surface area (Å²) >= 11 is 0. The molecule has 1 unspecified atom stereocenters. The van der Waals surface area contributed by atoms with Crippen molar-refractivity contribution >= 4 is 11.4 Å². The fourth-order valence-corrected chi connectivity index (χ4v) is 2.94. The molecular formula is C21H31N3O2. The molecule has 4 N–H and O–H groups in total. The Morgan fingerprint density at radius 1 is 0.846 bits per heavy atom. The van der Waals surface area contributed by atoms with Crippen LogP contribution < -0.4 is 20.9 Å². The second-order valence-electron chi connectivity index (χ2n) is 7.15. The van der Waals surface area contributed by atoms with Gasteiger partial charge in [-0.05, 0) is 58.9 Å². The Kier molecular flexibility index (Phi) is 6.75. The molecule has 0 spiro atoms. The summed E-state index contributed by atoms with van der Waals surface area (Å²) in [7, 11) is 0. The zero-order chi connectivity index (χ0) is 19.3. The molecule has 0 aliphatic rings. The van der Waals surface area contributed by atoms with Crippen LogP contribution in [0.2, 0.25) is 0 Å². The molecule has 0 radical (unpaired) electrons. The molecule has 0 saturated heterocycles. The van der Waals surface area contributed by atoms with Crippen LogP contribution in [0.5, 0.6) is 17.2 Å². The van der Waals surface area contributed by atoms with E-state index in [4.69, 9.17) is 20.9 Å². The molecule has 0 aromatic heterocycles. The normalized spacial score (nSPS) is 12.6. The van der Waals surface area contributed by atoms with E-state index in [1.165, 1.54) is 0 Å². The van der Waals surface area contributed by atoms with E-state index in [-0.39, 0.29) is 6.10 Å². The van der Waals surface area contributed by atoms with Gasteiger partial charge in [-0.15, -0.1) is 0 Å². The van der Waals surface area contributed by atoms with Crippen LogP contribution in [0.15, 0.2) is 42.5 Å². The SMILES string of the molecule is CC(CN(C(C)C)C(C)C)Oc1ccccc1Oc1ccc(N)c(N)c1. The second-order valence-corrected chi connectivity index (χ2v) is 7.15. The van der Waals surface area contributed by atoms with Crippen molar-refractivity contribution in [1.29, 1.82) is 0 Å². The summed E-state index contributed by atoms with van der Waals surface area (Å²) in [5.41, 5.74) is 12.7. The average molecular weight is 357 g/mol. The first-order valence-electron chi connectivity index (χ1n) is 9.12. The number of ether oxygens (including phenoxy) is 2. The van der Waals surface area contributed by atoms with E-state index in [1.54, 1.807) is 18.2 Å². The standard InChI is InChI=1S/C21H31N3O2/c1-14(2)24(15(3)4)13-16(5)25-20-8-6-7-9-21(20)26-17-10-11-18(22)19(23)12-17/h6-12,14-16H,13,22-23H2,1-5H3. The third-order valence-electron chi connectivity index (χ3n) is 4.26. The minimum absolute atomic E-state index is 0.0287. The van der Waals surface area contributed by atoms with E-state index >= 15 is 0 Å². The number of benzene rings is 2. The number of nitrogen functional groups attached to an aromatic ring is 2. The van der Waals surface area contributed by atoms with Gasteiger partial charge < -0.3 is 20.9 Å². The fourth-order valence-electron chi connectivity index (χ4n) is 2.94. The van der Waals surface area contributed by atoms with Crippen molar-refractivity contribution < 1.29 is 9.47 Å². The largest absolute Gasteiger partial charge is 0.485 e. The molecule has 2 aromatic rings. The maximum atomic E-state index is 6.18. The van der Waals surface area contributed by atoms with Crippen LogP contribution in [0.25, 0.3) is 0 Å². The van der Waals surface area contributed by atoms with E-state index in [0.29, 0.717) is 40.7 Å². The predicted molar refractivity (Wildman–Crippen MR) is 109 cm³/mol. The maximum Gasteiger partial charge on any atom is 0.169 e. The van der Waals surface area contributed by atoms with Gasteiger partial charge in [0.25, 0.3) is 0 Å². The summed E-state index contributed by atoms with van der Waals surface area (Å²) in [6.07, 6.45) is 0.0287. The van der Waals surface area contributed by atoms with E-state index < -0.39 is 0 Å². The van der Waals surface area contributed by atoms with Gasteiger partial charge in [-0.2, -0.15) is 0 Å². The molecule has 26 heavy (non-hydrogen) atoms. The molecule has 0 bridgehead atoms. The number of para-hydroxylation sites is 2. The van der Waals surface area contributed by atoms with Crippen molar-refractivity contribution in [2.45, 2.75) is 52.8 Å². The second kappa shape index (κ2) is 8.81. The minimum Gasteiger partial charge on any atom is -0.485 e. The number of nitrogens with two attached hydrogens (primary N) is 2. The highest BCUT2D eigenvalue weighted by atomic mass is 16.5. The first-order chi connectivity index (χ1) is 12.3. The third kappa shape index (κ3) is 5.30. The number of hydrogen-bond donors (Lipinski definition) is 2. The van der Waals surface area contributed by atoms with Crippen LogP contribution in [0.4, 0.5) is 11.4 Å². The van der Waals surface area contributed by atoms with E-state index in [1.807, 2.05) is 24.3 Å². The smallest absolute Gasteiger partial charge is 0.169 e. The molecule has 0 saturated carbocycles. The van der Waals surface area contributed by atoms with Gasteiger partial charge in [-0.3, -0.25) is 4.90 Å². The van der Waals surface area contributed by atoms with Gasteiger partial charge in [0, 0.05) is 24.7 Å². The topological polar surface area (TPSA) is 73.7 Å². The summed E-state index contributed by atoms with van der Waals surface area (Å²) in [5.74, 6) is 2.00. The molecular weight excluding hydrogens is 326 g/mol. The van der Waals surface area contributed by atoms with Crippen LogP contribution >= 0.6 is 0 Å². The average Bonchev–Trinajstić information content (AvgIpc) is 2.57. The molecule has 0 aliphatic heterocycles. The van der Waals surface area contributed by atoms with Gasteiger partial charge in [0.1, 0.15) is 11.9 Å². The highest BCUT2D eigenvalue weighted by Crippen LogP contribution is 2.33. The fraction of sp³-hybridized carbons (Fsp3) is 0.429. The highest BCUT2D eigenvalue weighted by Gasteiger charge is 2.18. The van der Waals surface area contributed by atoms with Crippen molar-refractivity contribution in [3.8, 4) is 17.2 Å². The molecule has 0 fully saturated rings. The van der Waals surface area contributed by atoms with Crippen LogP contribution in [-0.2, 0) is 0 Å². The molecule has 0 amide bonds. The van der Waals surface area contributed by atoms with Crippen molar-refractivity contribution in [3.05, 3.63) is 42.5 Å². The Morgan fingerprint density at radius 3 is 2.04 bits per heavy atom. The van der Waals surface area contributed by atoms with Crippen molar-refractivity contribution in [2.75, 3.05) is 18.0 Å². The van der Waals surface area contributed by atoms with Gasteiger partial charge in [0.2, 0.25) is 0 Å². The lowest BCUT2D eigenvalue weighted by Crippen LogP contribution is -2.42. The number of nitrogens with zero attached hydrogens (tertiary/aromatic N) is 1. The number of hydrogen-bond acceptors (Lipinski definition) is 5. The van der Waals surface area contributed by atoms with Gasteiger partial charge in [0.05, 0.1) is 11.4 Å². The van der Waals surface area contributed by atoms with Gasteiger partial charge in [-0.25, -0.2) is 0 Å². The lowest BCUT2D eigenvalue weighted by molar-refractivity contribution is 0.0981. The first kappa shape index (κ1) is 19.9. The summed E-state index contributed by atoms with van der Waals surface area (Å²) in [6, 6.07) is 13.8. The van der Waals surface area contributed by atoms with E-state index in [0.717, 1.165) is 6.54 Å². The van der Waals surface area contributed by atoms with Gasteiger partial charge in [-0.1, -0.05) is 12.1 Å². The Balaban J connectivity index is 2.11. The Hall–Kier alpha value is -2.40. The molecule has 0 heterocycles. The van der Waals surface area contributed by atoms with Crippen molar-refractivity contribution in [3.63, 3.8) is 0 Å². The van der Waals surface area contributed by atoms with E-state index in [9.17, 15) is 0 Å². The Labute approximate surface area is 156 Å². The Morgan fingerprint density at radius 2 is 1.46 bits per heavy atom. The van der Waals surface area contributed by atoms with Crippen molar-refractivity contribution in [2.24, 2.45) is 0 Å². The summed E-state index contributed by atoms with van der Waals surface area (Å²) in [4.78, 5) is 2.41. The summed E-state index contributed by atoms with van der Waals surface area (Å²) in [6.45, 7) is 11.7. The Bertz CT molecular complexity index is 708. The molecule has 2 rings (SSSR count). The molecule has 2 aromatic carbocycles. The lowest BCUT2D eigenvalue weighted by Gasteiger charge is -2.33. The summed E-state index contributed by atoms with van der Waals surface area (Å²) in [5, 5.41) is 0. The third-order valence-corrected chi connectivity index (χ3v) is 4.26. The van der Waals surface area contributed by atoms with Crippen LogP contribution in [0, 0.1) is 0 Å². The monoisotopic (exact) mass is 357 g/mol. The zero-order valence-corrected chi connectivity index (χ0v) is 16.4. The van der Waals surface area contributed by atoms with Crippen LogP contribution in [0.3, 0.4) is 0 Å². The number of anilines is 2. The molecule has 0 aliphatic carbocycles. The zero-order valence-electron chi connectivity index (χ0n) is 16.4. The maximum absolute atomic E-state index is 6.18.